The van der Waals surface area contributed by atoms with E-state index in [1.807, 2.05) is 30.3 Å². The molecular formula is C12H11NO. The van der Waals surface area contributed by atoms with Gasteiger partial charge in [-0.25, -0.2) is 4.85 Å². The van der Waals surface area contributed by atoms with E-state index in [0.717, 1.165) is 18.6 Å². The second-order valence-corrected chi connectivity index (χ2v) is 3.22. The lowest BCUT2D eigenvalue weighted by molar-refractivity contribution is 0.0801. The molecular weight excluding hydrogens is 174 g/mol. The van der Waals surface area contributed by atoms with Crippen LogP contribution in [0.4, 0.5) is 5.69 Å². The third-order valence-electron chi connectivity index (χ3n) is 2.22. The molecule has 0 aliphatic carbocycles. The van der Waals surface area contributed by atoms with Gasteiger partial charge in [0.1, 0.15) is 0 Å². The third-order valence-corrected chi connectivity index (χ3v) is 2.22. The van der Waals surface area contributed by atoms with Crippen LogP contribution in [-0.2, 0) is 4.74 Å². The van der Waals surface area contributed by atoms with Gasteiger partial charge in [0.25, 0.3) is 0 Å². The minimum atomic E-state index is 0.0328. The van der Waals surface area contributed by atoms with E-state index in [1.165, 1.54) is 0 Å². The fraction of sp³-hybridized carbons (Fsp3) is 0.250. The van der Waals surface area contributed by atoms with Gasteiger partial charge >= 0.3 is 0 Å². The van der Waals surface area contributed by atoms with Crippen LogP contribution in [0.1, 0.15) is 18.1 Å². The van der Waals surface area contributed by atoms with E-state index in [0.29, 0.717) is 5.69 Å². The first kappa shape index (κ1) is 8.98. The highest BCUT2D eigenvalue weighted by molar-refractivity contribution is 5.47. The Morgan fingerprint density at radius 1 is 1.43 bits per heavy atom. The monoisotopic (exact) mass is 185 g/mol. The van der Waals surface area contributed by atoms with Crippen molar-refractivity contribution in [3.8, 4) is 0 Å². The SMILES string of the molecule is [C-]#[N+]c1cccc(C2C=CCCO2)c1. The van der Waals surface area contributed by atoms with E-state index >= 15 is 0 Å². The first-order valence-electron chi connectivity index (χ1n) is 4.66. The van der Waals surface area contributed by atoms with Crippen LogP contribution in [0.5, 0.6) is 0 Å². The Morgan fingerprint density at radius 2 is 2.36 bits per heavy atom. The van der Waals surface area contributed by atoms with Gasteiger partial charge in [0.05, 0.1) is 19.3 Å². The molecule has 1 aromatic carbocycles. The number of hydrogen-bond acceptors (Lipinski definition) is 1. The molecule has 70 valence electrons. The Balaban J connectivity index is 2.27. The van der Waals surface area contributed by atoms with E-state index in [-0.39, 0.29) is 6.10 Å². The zero-order valence-corrected chi connectivity index (χ0v) is 7.81. The molecule has 0 bridgehead atoms. The normalized spacial score (nSPS) is 20.4. The molecule has 0 spiro atoms. The number of rotatable bonds is 1. The predicted molar refractivity (Wildman–Crippen MR) is 55.2 cm³/mol. The Labute approximate surface area is 83.6 Å². The highest BCUT2D eigenvalue weighted by Gasteiger charge is 2.10. The Morgan fingerprint density at radius 3 is 3.07 bits per heavy atom. The smallest absolute Gasteiger partial charge is 0.187 e. The summed E-state index contributed by atoms with van der Waals surface area (Å²) in [6.45, 7) is 7.69. The summed E-state index contributed by atoms with van der Waals surface area (Å²) in [5.41, 5.74) is 1.74. The second-order valence-electron chi connectivity index (χ2n) is 3.22. The van der Waals surface area contributed by atoms with Gasteiger partial charge in [0.2, 0.25) is 0 Å². The zero-order chi connectivity index (χ0) is 9.80. The molecule has 0 saturated carbocycles. The fourth-order valence-corrected chi connectivity index (χ4v) is 1.52. The Bertz CT molecular complexity index is 390. The van der Waals surface area contributed by atoms with Gasteiger partial charge in [-0.15, -0.1) is 0 Å². The zero-order valence-electron chi connectivity index (χ0n) is 7.81. The summed E-state index contributed by atoms with van der Waals surface area (Å²) in [5.74, 6) is 0. The van der Waals surface area contributed by atoms with E-state index < -0.39 is 0 Å². The van der Waals surface area contributed by atoms with Gasteiger partial charge in [-0.2, -0.15) is 0 Å². The topological polar surface area (TPSA) is 13.6 Å². The molecule has 1 heterocycles. The fourth-order valence-electron chi connectivity index (χ4n) is 1.52. The van der Waals surface area contributed by atoms with Crippen LogP contribution >= 0.6 is 0 Å². The molecule has 2 heteroatoms. The number of hydrogen-bond donors (Lipinski definition) is 0. The van der Waals surface area contributed by atoms with Crippen molar-refractivity contribution >= 4 is 5.69 Å². The predicted octanol–water partition coefficient (Wildman–Crippen LogP) is 3.25. The van der Waals surface area contributed by atoms with Crippen molar-refractivity contribution in [1.82, 2.24) is 0 Å². The average molecular weight is 185 g/mol. The Hall–Kier alpha value is -1.59. The maximum absolute atomic E-state index is 6.92. The molecule has 2 nitrogen and oxygen atoms in total. The lowest BCUT2D eigenvalue weighted by Crippen LogP contribution is -2.06. The van der Waals surface area contributed by atoms with Gasteiger partial charge in [-0.1, -0.05) is 36.4 Å². The minimum Gasteiger partial charge on any atom is -0.369 e. The highest BCUT2D eigenvalue weighted by Crippen LogP contribution is 2.25. The Kier molecular flexibility index (Phi) is 2.62. The molecule has 1 atom stereocenters. The molecule has 0 fully saturated rings. The van der Waals surface area contributed by atoms with E-state index in [4.69, 9.17) is 11.3 Å². The molecule has 0 aromatic heterocycles. The van der Waals surface area contributed by atoms with Gasteiger partial charge in [0, 0.05) is 0 Å². The van der Waals surface area contributed by atoms with Gasteiger partial charge in [-0.05, 0) is 12.0 Å². The van der Waals surface area contributed by atoms with E-state index in [9.17, 15) is 0 Å². The summed E-state index contributed by atoms with van der Waals surface area (Å²) in [5, 5.41) is 0. The molecule has 0 saturated heterocycles. The summed E-state index contributed by atoms with van der Waals surface area (Å²) in [4.78, 5) is 3.40. The average Bonchev–Trinajstić information content (AvgIpc) is 2.30. The van der Waals surface area contributed by atoms with Crippen LogP contribution in [0.25, 0.3) is 4.85 Å². The molecule has 0 amide bonds. The van der Waals surface area contributed by atoms with Gasteiger partial charge in [-0.3, -0.25) is 0 Å². The molecule has 1 unspecified atom stereocenters. The molecule has 14 heavy (non-hydrogen) atoms. The van der Waals surface area contributed by atoms with Crippen molar-refractivity contribution < 1.29 is 4.74 Å². The standard InChI is InChI=1S/C12H11NO/c1-13-11-6-4-5-10(9-11)12-7-2-3-8-14-12/h2,4-7,9,12H,3,8H2. The van der Waals surface area contributed by atoms with Crippen molar-refractivity contribution in [1.29, 1.82) is 0 Å². The van der Waals surface area contributed by atoms with Crippen molar-refractivity contribution in [2.75, 3.05) is 6.61 Å². The largest absolute Gasteiger partial charge is 0.369 e. The van der Waals surface area contributed by atoms with E-state index in [2.05, 4.69) is 10.9 Å². The van der Waals surface area contributed by atoms with Crippen LogP contribution < -0.4 is 0 Å². The number of nitrogens with zero attached hydrogens (tertiary/aromatic N) is 1. The molecule has 2 rings (SSSR count). The summed E-state index contributed by atoms with van der Waals surface area (Å²) in [7, 11) is 0. The van der Waals surface area contributed by atoms with E-state index in [1.54, 1.807) is 0 Å². The van der Waals surface area contributed by atoms with Crippen LogP contribution in [0, 0.1) is 6.57 Å². The molecule has 1 aliphatic heterocycles. The quantitative estimate of drug-likeness (QED) is 0.483. The third kappa shape index (κ3) is 1.84. The molecule has 1 aliphatic rings. The summed E-state index contributed by atoms with van der Waals surface area (Å²) >= 11 is 0. The second kappa shape index (κ2) is 4.08. The van der Waals surface area contributed by atoms with Crippen LogP contribution in [-0.4, -0.2) is 6.61 Å². The molecule has 0 radical (unpaired) electrons. The van der Waals surface area contributed by atoms with Gasteiger partial charge in [0.15, 0.2) is 5.69 Å². The number of benzene rings is 1. The summed E-state index contributed by atoms with van der Waals surface area (Å²) in [6.07, 6.45) is 5.19. The summed E-state index contributed by atoms with van der Waals surface area (Å²) in [6, 6.07) is 7.58. The number of ether oxygens (including phenoxy) is 1. The van der Waals surface area contributed by atoms with Crippen molar-refractivity contribution in [3.05, 3.63) is 53.4 Å². The maximum Gasteiger partial charge on any atom is 0.187 e. The van der Waals surface area contributed by atoms with Gasteiger partial charge < -0.3 is 4.74 Å². The molecule has 1 aromatic rings. The molecule has 0 N–H and O–H groups in total. The van der Waals surface area contributed by atoms with Crippen LogP contribution in [0.3, 0.4) is 0 Å². The van der Waals surface area contributed by atoms with Crippen molar-refractivity contribution in [2.24, 2.45) is 0 Å². The van der Waals surface area contributed by atoms with Crippen molar-refractivity contribution in [2.45, 2.75) is 12.5 Å². The van der Waals surface area contributed by atoms with Crippen molar-refractivity contribution in [3.63, 3.8) is 0 Å². The lowest BCUT2D eigenvalue weighted by Gasteiger charge is -2.18. The minimum absolute atomic E-state index is 0.0328. The highest BCUT2D eigenvalue weighted by atomic mass is 16.5. The summed E-state index contributed by atoms with van der Waals surface area (Å²) < 4.78 is 5.57. The van der Waals surface area contributed by atoms with Crippen LogP contribution in [0.2, 0.25) is 0 Å². The lowest BCUT2D eigenvalue weighted by atomic mass is 10.1. The maximum atomic E-state index is 6.92. The van der Waals surface area contributed by atoms with Crippen LogP contribution in [0.15, 0.2) is 36.4 Å². The first-order valence-corrected chi connectivity index (χ1v) is 4.66. The first-order chi connectivity index (χ1) is 6.90.